The van der Waals surface area contributed by atoms with Crippen LogP contribution < -0.4 is 5.69 Å². The van der Waals surface area contributed by atoms with Crippen LogP contribution in [0.5, 0.6) is 0 Å². The van der Waals surface area contributed by atoms with Gasteiger partial charge in [-0.25, -0.2) is 4.79 Å². The van der Waals surface area contributed by atoms with Crippen molar-refractivity contribution in [3.63, 3.8) is 0 Å². The van der Waals surface area contributed by atoms with E-state index in [0.29, 0.717) is 0 Å². The molecular weight excluding hydrogens is 382 g/mol. The van der Waals surface area contributed by atoms with Crippen LogP contribution in [-0.4, -0.2) is 23.9 Å². The Bertz CT molecular complexity index is 1180. The summed E-state index contributed by atoms with van der Waals surface area (Å²) in [7, 11) is 1.77. The Morgan fingerprint density at radius 2 is 2.00 bits per heavy atom. The van der Waals surface area contributed by atoms with Gasteiger partial charge in [0.15, 0.2) is 0 Å². The molecule has 0 spiro atoms. The molecule has 25 heavy (non-hydrogen) atoms. The summed E-state index contributed by atoms with van der Waals surface area (Å²) in [4.78, 5) is 17.5. The minimum Gasteiger partial charge on any atom is -0.293 e. The summed E-state index contributed by atoms with van der Waals surface area (Å²) < 4.78 is 6.21. The third-order valence-corrected chi connectivity index (χ3v) is 5.00. The summed E-state index contributed by atoms with van der Waals surface area (Å²) in [6.45, 7) is 6.07. The SMILES string of the molecule is Cc1nn(C(C)C)cc1-n1c(=O)n(C)c2cnc3ccc(Br)cc3c21. The van der Waals surface area contributed by atoms with Crippen molar-refractivity contribution >= 4 is 37.9 Å². The van der Waals surface area contributed by atoms with E-state index >= 15 is 0 Å². The monoisotopic (exact) mass is 399 g/mol. The van der Waals surface area contributed by atoms with E-state index in [0.717, 1.165) is 37.8 Å². The predicted molar refractivity (Wildman–Crippen MR) is 102 cm³/mol. The molecule has 7 heteroatoms. The van der Waals surface area contributed by atoms with Gasteiger partial charge in [0.2, 0.25) is 0 Å². The molecule has 0 aliphatic carbocycles. The molecule has 6 nitrogen and oxygen atoms in total. The van der Waals surface area contributed by atoms with E-state index < -0.39 is 0 Å². The number of rotatable bonds is 2. The number of hydrogen-bond donors (Lipinski definition) is 0. The minimum atomic E-state index is -0.101. The third kappa shape index (κ3) is 2.33. The second kappa shape index (κ2) is 5.56. The topological polar surface area (TPSA) is 57.6 Å². The molecule has 0 bridgehead atoms. The van der Waals surface area contributed by atoms with Crippen LogP contribution in [0.1, 0.15) is 25.6 Å². The van der Waals surface area contributed by atoms with Gasteiger partial charge in [0.25, 0.3) is 0 Å². The molecule has 0 unspecified atom stereocenters. The van der Waals surface area contributed by atoms with Crippen LogP contribution >= 0.6 is 15.9 Å². The number of aromatic nitrogens is 5. The highest BCUT2D eigenvalue weighted by atomic mass is 79.9. The second-order valence-electron chi connectivity index (χ2n) is 6.50. The van der Waals surface area contributed by atoms with E-state index in [-0.39, 0.29) is 11.7 Å². The van der Waals surface area contributed by atoms with E-state index in [2.05, 4.69) is 39.9 Å². The molecule has 0 aliphatic rings. The lowest BCUT2D eigenvalue weighted by Gasteiger charge is -2.05. The summed E-state index contributed by atoms with van der Waals surface area (Å²) in [5.74, 6) is 0. The van der Waals surface area contributed by atoms with Crippen LogP contribution in [0.2, 0.25) is 0 Å². The van der Waals surface area contributed by atoms with Crippen LogP contribution in [0.25, 0.3) is 27.6 Å². The zero-order valence-corrected chi connectivity index (χ0v) is 16.1. The van der Waals surface area contributed by atoms with Crippen LogP contribution in [0.15, 0.2) is 39.9 Å². The first-order valence-electron chi connectivity index (χ1n) is 8.10. The average Bonchev–Trinajstić information content (AvgIpc) is 3.07. The Hall–Kier alpha value is -2.41. The number of benzene rings is 1. The molecule has 128 valence electrons. The van der Waals surface area contributed by atoms with Crippen molar-refractivity contribution in [2.45, 2.75) is 26.8 Å². The van der Waals surface area contributed by atoms with Gasteiger partial charge in [-0.1, -0.05) is 15.9 Å². The standard InChI is InChI=1S/C18H18BrN5O/c1-10(2)23-9-16(11(3)21-23)24-17-13-7-12(19)5-6-14(13)20-8-15(17)22(4)18(24)25/h5-10H,1-4H3. The molecule has 0 saturated carbocycles. The predicted octanol–water partition coefficient (Wildman–Crippen LogP) is 3.73. The van der Waals surface area contributed by atoms with Gasteiger partial charge in [-0.2, -0.15) is 5.10 Å². The fourth-order valence-electron chi connectivity index (χ4n) is 3.15. The van der Waals surface area contributed by atoms with Crippen LogP contribution in [0.3, 0.4) is 0 Å². The van der Waals surface area contributed by atoms with Gasteiger partial charge in [0, 0.05) is 29.1 Å². The van der Waals surface area contributed by atoms with E-state index in [1.807, 2.05) is 36.0 Å². The maximum Gasteiger partial charge on any atom is 0.333 e. The highest BCUT2D eigenvalue weighted by molar-refractivity contribution is 9.10. The van der Waals surface area contributed by atoms with Crippen molar-refractivity contribution in [2.24, 2.45) is 7.05 Å². The lowest BCUT2D eigenvalue weighted by Crippen LogP contribution is -2.21. The number of halogens is 1. The largest absolute Gasteiger partial charge is 0.333 e. The number of fused-ring (bicyclic) bond motifs is 3. The molecule has 0 saturated heterocycles. The van der Waals surface area contributed by atoms with Crippen molar-refractivity contribution in [3.05, 3.63) is 51.2 Å². The molecule has 0 aliphatic heterocycles. The maximum absolute atomic E-state index is 13.0. The highest BCUT2D eigenvalue weighted by Crippen LogP contribution is 2.28. The smallest absolute Gasteiger partial charge is 0.293 e. The molecule has 3 heterocycles. The normalized spacial score (nSPS) is 11.9. The molecule has 4 rings (SSSR count). The number of aryl methyl sites for hydroxylation is 2. The summed E-state index contributed by atoms with van der Waals surface area (Å²) in [5, 5.41) is 5.50. The molecule has 0 amide bonds. The van der Waals surface area contributed by atoms with Crippen molar-refractivity contribution in [2.75, 3.05) is 0 Å². The molecule has 3 aromatic heterocycles. The molecule has 4 aromatic rings. The number of imidazole rings is 1. The summed E-state index contributed by atoms with van der Waals surface area (Å²) >= 11 is 3.52. The fraction of sp³-hybridized carbons (Fsp3) is 0.278. The van der Waals surface area contributed by atoms with Crippen molar-refractivity contribution < 1.29 is 0 Å². The Morgan fingerprint density at radius 1 is 1.24 bits per heavy atom. The summed E-state index contributed by atoms with van der Waals surface area (Å²) in [5.41, 5.74) is 4.03. The maximum atomic E-state index is 13.0. The zero-order valence-electron chi connectivity index (χ0n) is 14.5. The van der Waals surface area contributed by atoms with Crippen LogP contribution in [0, 0.1) is 6.92 Å². The second-order valence-corrected chi connectivity index (χ2v) is 7.42. The third-order valence-electron chi connectivity index (χ3n) is 4.51. The van der Waals surface area contributed by atoms with Gasteiger partial charge in [-0.05, 0) is 39.0 Å². The van der Waals surface area contributed by atoms with E-state index in [9.17, 15) is 4.79 Å². The van der Waals surface area contributed by atoms with Crippen molar-refractivity contribution in [1.82, 2.24) is 23.9 Å². The van der Waals surface area contributed by atoms with E-state index in [1.165, 1.54) is 0 Å². The lowest BCUT2D eigenvalue weighted by atomic mass is 10.2. The molecule has 0 atom stereocenters. The molecule has 0 fully saturated rings. The van der Waals surface area contributed by atoms with Crippen molar-refractivity contribution in [1.29, 1.82) is 0 Å². The van der Waals surface area contributed by atoms with Gasteiger partial charge in [-0.15, -0.1) is 0 Å². The highest BCUT2D eigenvalue weighted by Gasteiger charge is 2.19. The van der Waals surface area contributed by atoms with E-state index in [4.69, 9.17) is 0 Å². The number of pyridine rings is 1. The quantitative estimate of drug-likeness (QED) is 0.515. The first kappa shape index (κ1) is 16.1. The molecule has 0 radical (unpaired) electrons. The van der Waals surface area contributed by atoms with Crippen LogP contribution in [-0.2, 0) is 7.05 Å². The summed E-state index contributed by atoms with van der Waals surface area (Å²) in [6, 6.07) is 6.13. The average molecular weight is 400 g/mol. The Labute approximate surface area is 152 Å². The van der Waals surface area contributed by atoms with Gasteiger partial charge < -0.3 is 0 Å². The number of nitrogens with zero attached hydrogens (tertiary/aromatic N) is 5. The Kier molecular flexibility index (Phi) is 3.57. The molecular formula is C18H18BrN5O. The van der Waals surface area contributed by atoms with E-state index in [1.54, 1.807) is 22.4 Å². The fourth-order valence-corrected chi connectivity index (χ4v) is 3.51. The first-order valence-corrected chi connectivity index (χ1v) is 8.89. The zero-order chi connectivity index (χ0) is 17.9. The Morgan fingerprint density at radius 3 is 2.68 bits per heavy atom. The summed E-state index contributed by atoms with van der Waals surface area (Å²) in [6.07, 6.45) is 3.69. The minimum absolute atomic E-state index is 0.101. The number of hydrogen-bond acceptors (Lipinski definition) is 3. The van der Waals surface area contributed by atoms with Crippen molar-refractivity contribution in [3.8, 4) is 5.69 Å². The lowest BCUT2D eigenvalue weighted by molar-refractivity contribution is 0.529. The molecule has 1 aromatic carbocycles. The van der Waals surface area contributed by atoms with Crippen LogP contribution in [0.4, 0.5) is 0 Å². The van der Waals surface area contributed by atoms with Gasteiger partial charge in [-0.3, -0.25) is 18.8 Å². The van der Waals surface area contributed by atoms with Gasteiger partial charge >= 0.3 is 5.69 Å². The molecule has 0 N–H and O–H groups in total. The van der Waals surface area contributed by atoms with Gasteiger partial charge in [0.1, 0.15) is 0 Å². The first-order chi connectivity index (χ1) is 11.9. The Balaban J connectivity index is 2.19. The van der Waals surface area contributed by atoms with Gasteiger partial charge in [0.05, 0.1) is 34.1 Å².